The Morgan fingerprint density at radius 1 is 1.11 bits per heavy atom. The summed E-state index contributed by atoms with van der Waals surface area (Å²) in [7, 11) is 0. The van der Waals surface area contributed by atoms with Gasteiger partial charge in [0.2, 0.25) is 0 Å². The van der Waals surface area contributed by atoms with E-state index < -0.39 is 0 Å². The molecule has 94 valence electrons. The van der Waals surface area contributed by atoms with Crippen LogP contribution in [0.1, 0.15) is 5.56 Å². The molecule has 0 radical (unpaired) electrons. The molecule has 0 heterocycles. The summed E-state index contributed by atoms with van der Waals surface area (Å²) in [6.07, 6.45) is 0.864. The molecule has 2 aromatic carbocycles. The molecule has 0 bridgehead atoms. The summed E-state index contributed by atoms with van der Waals surface area (Å²) >= 11 is 3.39. The smallest absolute Gasteiger partial charge is 0.125 e. The number of hydrogen-bond donors (Lipinski definition) is 2. The summed E-state index contributed by atoms with van der Waals surface area (Å²) < 4.78 is 14.1. The van der Waals surface area contributed by atoms with Crippen molar-refractivity contribution in [1.29, 1.82) is 0 Å². The Hall–Kier alpha value is -1.55. The SMILES string of the molecule is Nc1ccc(F)cc1NCCc1ccc(Br)cc1. The second-order valence-corrected chi connectivity index (χ2v) is 4.95. The maximum absolute atomic E-state index is 13.0. The van der Waals surface area contributed by atoms with Crippen LogP contribution in [0.3, 0.4) is 0 Å². The Morgan fingerprint density at radius 2 is 1.83 bits per heavy atom. The third kappa shape index (κ3) is 3.47. The average molecular weight is 309 g/mol. The van der Waals surface area contributed by atoms with E-state index in [-0.39, 0.29) is 5.82 Å². The third-order valence-electron chi connectivity index (χ3n) is 2.66. The average Bonchev–Trinajstić information content (AvgIpc) is 2.36. The molecule has 2 aromatic rings. The number of halogens is 2. The van der Waals surface area contributed by atoms with Crippen molar-refractivity contribution in [3.8, 4) is 0 Å². The topological polar surface area (TPSA) is 38.0 Å². The highest BCUT2D eigenvalue weighted by Crippen LogP contribution is 2.19. The summed E-state index contributed by atoms with van der Waals surface area (Å²) in [4.78, 5) is 0. The molecule has 0 atom stereocenters. The van der Waals surface area contributed by atoms with Crippen LogP contribution in [0.15, 0.2) is 46.9 Å². The van der Waals surface area contributed by atoms with Gasteiger partial charge in [-0.1, -0.05) is 28.1 Å². The van der Waals surface area contributed by atoms with Crippen LogP contribution in [-0.4, -0.2) is 6.54 Å². The minimum atomic E-state index is -0.282. The van der Waals surface area contributed by atoms with Gasteiger partial charge in [-0.05, 0) is 42.3 Å². The van der Waals surface area contributed by atoms with Gasteiger partial charge in [0.25, 0.3) is 0 Å². The Kier molecular flexibility index (Phi) is 4.20. The predicted octanol–water partition coefficient (Wildman–Crippen LogP) is 3.83. The number of benzene rings is 2. The van der Waals surface area contributed by atoms with Crippen molar-refractivity contribution in [2.24, 2.45) is 0 Å². The lowest BCUT2D eigenvalue weighted by Gasteiger charge is -2.09. The molecule has 2 rings (SSSR count). The van der Waals surface area contributed by atoms with Crippen LogP contribution >= 0.6 is 15.9 Å². The minimum Gasteiger partial charge on any atom is -0.397 e. The largest absolute Gasteiger partial charge is 0.397 e. The molecule has 0 aliphatic heterocycles. The van der Waals surface area contributed by atoms with E-state index in [1.807, 2.05) is 12.1 Å². The van der Waals surface area contributed by atoms with Gasteiger partial charge < -0.3 is 11.1 Å². The molecule has 0 amide bonds. The van der Waals surface area contributed by atoms with Crippen molar-refractivity contribution in [2.75, 3.05) is 17.6 Å². The lowest BCUT2D eigenvalue weighted by atomic mass is 10.1. The van der Waals surface area contributed by atoms with Gasteiger partial charge in [-0.15, -0.1) is 0 Å². The first-order valence-corrected chi connectivity index (χ1v) is 6.48. The zero-order valence-electron chi connectivity index (χ0n) is 9.79. The van der Waals surface area contributed by atoms with Crippen LogP contribution in [0, 0.1) is 5.82 Å². The van der Waals surface area contributed by atoms with Crippen molar-refractivity contribution in [3.63, 3.8) is 0 Å². The number of hydrogen-bond acceptors (Lipinski definition) is 2. The Labute approximate surface area is 114 Å². The van der Waals surface area contributed by atoms with E-state index >= 15 is 0 Å². The second kappa shape index (κ2) is 5.87. The Bertz CT molecular complexity index is 526. The van der Waals surface area contributed by atoms with Gasteiger partial charge in [0.1, 0.15) is 5.82 Å². The lowest BCUT2D eigenvalue weighted by molar-refractivity contribution is 0.628. The first kappa shape index (κ1) is 12.9. The van der Waals surface area contributed by atoms with Crippen LogP contribution in [0.2, 0.25) is 0 Å². The molecule has 0 fully saturated rings. The highest BCUT2D eigenvalue weighted by Gasteiger charge is 2.00. The second-order valence-electron chi connectivity index (χ2n) is 4.03. The normalized spacial score (nSPS) is 10.3. The van der Waals surface area contributed by atoms with Gasteiger partial charge >= 0.3 is 0 Å². The monoisotopic (exact) mass is 308 g/mol. The zero-order valence-corrected chi connectivity index (χ0v) is 11.4. The van der Waals surface area contributed by atoms with Gasteiger partial charge in [0, 0.05) is 11.0 Å². The standard InChI is InChI=1S/C14H14BrFN2/c15-11-3-1-10(2-4-11)7-8-18-14-9-12(16)5-6-13(14)17/h1-6,9,18H,7-8,17H2. The number of nitrogens with two attached hydrogens (primary N) is 1. The fourth-order valence-electron chi connectivity index (χ4n) is 1.67. The van der Waals surface area contributed by atoms with E-state index in [4.69, 9.17) is 5.73 Å². The van der Waals surface area contributed by atoms with Crippen LogP contribution in [0.25, 0.3) is 0 Å². The van der Waals surface area contributed by atoms with Gasteiger partial charge in [-0.2, -0.15) is 0 Å². The third-order valence-corrected chi connectivity index (χ3v) is 3.19. The van der Waals surface area contributed by atoms with Crippen molar-refractivity contribution >= 4 is 27.3 Å². The molecule has 0 spiro atoms. The molecule has 2 nitrogen and oxygen atoms in total. The van der Waals surface area contributed by atoms with Gasteiger partial charge in [0.15, 0.2) is 0 Å². The Morgan fingerprint density at radius 3 is 2.56 bits per heavy atom. The summed E-state index contributed by atoms with van der Waals surface area (Å²) in [5, 5.41) is 3.14. The number of anilines is 2. The van der Waals surface area contributed by atoms with E-state index in [9.17, 15) is 4.39 Å². The van der Waals surface area contributed by atoms with Gasteiger partial charge in [-0.25, -0.2) is 4.39 Å². The molecule has 18 heavy (non-hydrogen) atoms. The molecule has 0 saturated heterocycles. The molecule has 0 aromatic heterocycles. The highest BCUT2D eigenvalue weighted by atomic mass is 79.9. The first-order chi connectivity index (χ1) is 8.65. The molecule has 0 aliphatic rings. The maximum Gasteiger partial charge on any atom is 0.125 e. The summed E-state index contributed by atoms with van der Waals surface area (Å²) in [5.74, 6) is -0.282. The summed E-state index contributed by atoms with van der Waals surface area (Å²) in [6.45, 7) is 0.718. The van der Waals surface area contributed by atoms with Crippen molar-refractivity contribution in [3.05, 3.63) is 58.3 Å². The van der Waals surface area contributed by atoms with Crippen LogP contribution in [-0.2, 0) is 6.42 Å². The highest BCUT2D eigenvalue weighted by molar-refractivity contribution is 9.10. The molecule has 3 N–H and O–H groups in total. The molecular formula is C14H14BrFN2. The first-order valence-electron chi connectivity index (χ1n) is 5.68. The van der Waals surface area contributed by atoms with E-state index in [1.165, 1.54) is 17.7 Å². The maximum atomic E-state index is 13.0. The van der Waals surface area contributed by atoms with Gasteiger partial charge in [-0.3, -0.25) is 0 Å². The van der Waals surface area contributed by atoms with Crippen LogP contribution in [0.4, 0.5) is 15.8 Å². The van der Waals surface area contributed by atoms with E-state index in [2.05, 4.69) is 33.4 Å². The molecule has 4 heteroatoms. The fourth-order valence-corrected chi connectivity index (χ4v) is 1.94. The summed E-state index contributed by atoms with van der Waals surface area (Å²) in [5.41, 5.74) is 8.18. The molecular weight excluding hydrogens is 295 g/mol. The van der Waals surface area contributed by atoms with Crippen molar-refractivity contribution in [2.45, 2.75) is 6.42 Å². The molecule has 0 saturated carbocycles. The quantitative estimate of drug-likeness (QED) is 0.843. The van der Waals surface area contributed by atoms with Crippen LogP contribution < -0.4 is 11.1 Å². The van der Waals surface area contributed by atoms with Gasteiger partial charge in [0.05, 0.1) is 11.4 Å². The van der Waals surface area contributed by atoms with E-state index in [1.54, 1.807) is 6.07 Å². The predicted molar refractivity (Wildman–Crippen MR) is 77.1 cm³/mol. The van der Waals surface area contributed by atoms with E-state index in [0.29, 0.717) is 11.4 Å². The Balaban J connectivity index is 1.92. The number of nitrogens with one attached hydrogen (secondary N) is 1. The van der Waals surface area contributed by atoms with Crippen molar-refractivity contribution < 1.29 is 4.39 Å². The lowest BCUT2D eigenvalue weighted by Crippen LogP contribution is -2.07. The fraction of sp³-hybridized carbons (Fsp3) is 0.143. The number of nitrogen functional groups attached to an aromatic ring is 1. The van der Waals surface area contributed by atoms with Crippen molar-refractivity contribution in [1.82, 2.24) is 0 Å². The molecule has 0 unspecified atom stereocenters. The molecule has 0 aliphatic carbocycles. The summed E-state index contributed by atoms with van der Waals surface area (Å²) in [6, 6.07) is 12.5. The van der Waals surface area contributed by atoms with Crippen LogP contribution in [0.5, 0.6) is 0 Å². The zero-order chi connectivity index (χ0) is 13.0. The van der Waals surface area contributed by atoms with E-state index in [0.717, 1.165) is 17.4 Å². The minimum absolute atomic E-state index is 0.282. The number of rotatable bonds is 4.